The molecular formula is C49H75O13P. The highest BCUT2D eigenvalue weighted by molar-refractivity contribution is 7.47. The molecule has 1 aliphatic rings. The summed E-state index contributed by atoms with van der Waals surface area (Å²) in [6, 6.07) is 0. The fourth-order valence-corrected chi connectivity index (χ4v) is 6.74. The third kappa shape index (κ3) is 30.1. The van der Waals surface area contributed by atoms with Gasteiger partial charge in [-0.3, -0.25) is 18.6 Å². The van der Waals surface area contributed by atoms with Crippen molar-refractivity contribution in [2.75, 3.05) is 13.2 Å². The minimum atomic E-state index is -5.16. The molecule has 6 unspecified atom stereocenters. The molecule has 0 aromatic rings. The first-order valence-corrected chi connectivity index (χ1v) is 23.8. The molecule has 0 amide bonds. The Balaban J connectivity index is 2.57. The fraction of sp³-hybridized carbons (Fsp3) is 0.551. The van der Waals surface area contributed by atoms with E-state index >= 15 is 0 Å². The summed E-state index contributed by atoms with van der Waals surface area (Å²) < 4.78 is 33.4. The van der Waals surface area contributed by atoms with Crippen molar-refractivity contribution in [2.45, 2.75) is 159 Å². The molecule has 0 bridgehead atoms. The number of aliphatic hydroxyl groups excluding tert-OH is 5. The lowest BCUT2D eigenvalue weighted by Crippen LogP contribution is -2.64. The number of phosphoric acid groups is 1. The van der Waals surface area contributed by atoms with E-state index in [4.69, 9.17) is 18.5 Å². The van der Waals surface area contributed by atoms with Crippen LogP contribution in [0.5, 0.6) is 0 Å². The van der Waals surface area contributed by atoms with Gasteiger partial charge in [0.25, 0.3) is 0 Å². The van der Waals surface area contributed by atoms with Crippen LogP contribution in [0.3, 0.4) is 0 Å². The third-order valence-corrected chi connectivity index (χ3v) is 10.3. The number of hydrogen-bond donors (Lipinski definition) is 6. The van der Waals surface area contributed by atoms with Gasteiger partial charge in [0.15, 0.2) is 6.10 Å². The quantitative estimate of drug-likeness (QED) is 0.0155. The topological polar surface area (TPSA) is 210 Å². The molecule has 14 heteroatoms. The summed E-state index contributed by atoms with van der Waals surface area (Å²) in [6.45, 7) is 2.94. The fourth-order valence-electron chi connectivity index (χ4n) is 5.77. The van der Waals surface area contributed by atoms with Gasteiger partial charge in [-0.2, -0.15) is 0 Å². The smallest absolute Gasteiger partial charge is 0.462 e. The van der Waals surface area contributed by atoms with Crippen LogP contribution >= 0.6 is 7.82 Å². The van der Waals surface area contributed by atoms with Crippen LogP contribution in [0.25, 0.3) is 0 Å². The zero-order chi connectivity index (χ0) is 46.4. The number of carbonyl (C=O) groups is 2. The molecule has 0 saturated heterocycles. The number of unbranched alkanes of at least 4 members (excludes halogenated alkanes) is 2. The van der Waals surface area contributed by atoms with Crippen LogP contribution in [0.4, 0.5) is 0 Å². The van der Waals surface area contributed by atoms with E-state index in [2.05, 4.69) is 111 Å². The molecule has 8 atom stereocenters. The van der Waals surface area contributed by atoms with Crippen LogP contribution in [0.2, 0.25) is 0 Å². The Morgan fingerprint density at radius 3 is 1.30 bits per heavy atom. The first-order valence-electron chi connectivity index (χ1n) is 22.3. The number of rotatable bonds is 34. The molecule has 0 heterocycles. The Hall–Kier alpha value is -3.75. The second-order valence-corrected chi connectivity index (χ2v) is 16.2. The lowest BCUT2D eigenvalue weighted by molar-refractivity contribution is -0.220. The maximum Gasteiger partial charge on any atom is 0.472 e. The molecule has 0 radical (unpaired) electrons. The van der Waals surface area contributed by atoms with Crippen molar-refractivity contribution in [3.8, 4) is 0 Å². The Bertz CT molecular complexity index is 1560. The van der Waals surface area contributed by atoms with Crippen LogP contribution in [-0.2, 0) is 32.7 Å². The van der Waals surface area contributed by atoms with Crippen LogP contribution in [0.15, 0.2) is 122 Å². The third-order valence-electron chi connectivity index (χ3n) is 9.31. The van der Waals surface area contributed by atoms with Crippen molar-refractivity contribution < 1.29 is 63.1 Å². The molecule has 0 aliphatic heterocycles. The molecule has 0 spiro atoms. The van der Waals surface area contributed by atoms with Crippen molar-refractivity contribution in [2.24, 2.45) is 0 Å². The highest BCUT2D eigenvalue weighted by atomic mass is 31.2. The van der Waals surface area contributed by atoms with Crippen molar-refractivity contribution in [1.29, 1.82) is 0 Å². The zero-order valence-corrected chi connectivity index (χ0v) is 38.2. The van der Waals surface area contributed by atoms with E-state index < -0.39 is 75.7 Å². The van der Waals surface area contributed by atoms with Gasteiger partial charge in [0.1, 0.15) is 43.2 Å². The normalized spacial score (nSPS) is 22.9. The minimum Gasteiger partial charge on any atom is -0.462 e. The molecular weight excluding hydrogens is 827 g/mol. The van der Waals surface area contributed by atoms with Gasteiger partial charge in [-0.15, -0.1) is 0 Å². The Morgan fingerprint density at radius 2 is 0.873 bits per heavy atom. The van der Waals surface area contributed by atoms with Gasteiger partial charge in [-0.05, 0) is 89.9 Å². The number of aliphatic hydroxyl groups is 5. The van der Waals surface area contributed by atoms with Crippen molar-refractivity contribution in [1.82, 2.24) is 0 Å². The van der Waals surface area contributed by atoms with Gasteiger partial charge in [-0.1, -0.05) is 135 Å². The first kappa shape index (κ1) is 57.3. The predicted octanol–water partition coefficient (Wildman–Crippen LogP) is 8.61. The van der Waals surface area contributed by atoms with Gasteiger partial charge >= 0.3 is 19.8 Å². The van der Waals surface area contributed by atoms with E-state index in [1.807, 2.05) is 24.3 Å². The van der Waals surface area contributed by atoms with Crippen LogP contribution in [-0.4, -0.2) is 98.3 Å². The second-order valence-electron chi connectivity index (χ2n) is 14.8. The molecule has 1 saturated carbocycles. The number of ether oxygens (including phenoxy) is 2. The van der Waals surface area contributed by atoms with E-state index in [-0.39, 0.29) is 12.8 Å². The minimum absolute atomic E-state index is 0.0203. The highest BCUT2D eigenvalue weighted by Crippen LogP contribution is 2.47. The van der Waals surface area contributed by atoms with Gasteiger partial charge in [0.2, 0.25) is 0 Å². The molecule has 1 fully saturated rings. The monoisotopic (exact) mass is 902 g/mol. The molecule has 0 aromatic heterocycles. The van der Waals surface area contributed by atoms with Gasteiger partial charge in [-0.25, -0.2) is 4.57 Å². The Kier molecular flexibility index (Phi) is 34.2. The number of esters is 2. The van der Waals surface area contributed by atoms with Gasteiger partial charge < -0.3 is 39.9 Å². The van der Waals surface area contributed by atoms with Crippen LogP contribution < -0.4 is 0 Å². The molecule has 63 heavy (non-hydrogen) atoms. The number of hydrogen-bond acceptors (Lipinski definition) is 12. The van der Waals surface area contributed by atoms with Crippen molar-refractivity contribution in [3.63, 3.8) is 0 Å². The van der Waals surface area contributed by atoms with Crippen molar-refractivity contribution in [3.05, 3.63) is 122 Å². The predicted molar refractivity (Wildman–Crippen MR) is 248 cm³/mol. The zero-order valence-electron chi connectivity index (χ0n) is 37.3. The van der Waals surface area contributed by atoms with E-state index in [9.17, 15) is 44.6 Å². The van der Waals surface area contributed by atoms with E-state index in [1.54, 1.807) is 0 Å². The summed E-state index contributed by atoms with van der Waals surface area (Å²) >= 11 is 0. The molecule has 0 aromatic carbocycles. The summed E-state index contributed by atoms with van der Waals surface area (Å²) in [5, 5.41) is 50.1. The lowest BCUT2D eigenvalue weighted by Gasteiger charge is -2.41. The highest BCUT2D eigenvalue weighted by Gasteiger charge is 2.51. The molecule has 6 N–H and O–H groups in total. The van der Waals surface area contributed by atoms with E-state index in [1.165, 1.54) is 0 Å². The summed E-state index contributed by atoms with van der Waals surface area (Å²) in [6.07, 6.45) is 39.9. The Morgan fingerprint density at radius 1 is 0.492 bits per heavy atom. The summed E-state index contributed by atoms with van der Waals surface area (Å²) in [5.41, 5.74) is 0. The van der Waals surface area contributed by atoms with Crippen LogP contribution in [0.1, 0.15) is 117 Å². The number of phosphoric ester groups is 1. The first-order chi connectivity index (χ1) is 30.4. The van der Waals surface area contributed by atoms with Gasteiger partial charge in [0.05, 0.1) is 6.61 Å². The summed E-state index contributed by atoms with van der Waals surface area (Å²) in [4.78, 5) is 35.6. The average molecular weight is 903 g/mol. The molecule has 1 rings (SSSR count). The molecule has 1 aliphatic carbocycles. The summed E-state index contributed by atoms with van der Waals surface area (Å²) in [5.74, 6) is -1.26. The SMILES string of the molecule is CC/C=C/C/C=C/C/C=C/C/C=C/C/C=C/C/C=C/CCC(=O)OC[C@@H](COP(=O)(O)OC1C(O)C(O)C(O)[C@H](O)C1O)OC(=O)CCCC/C=C/C/C=C/C/C=C/C/C=C/CC. The summed E-state index contributed by atoms with van der Waals surface area (Å²) in [7, 11) is -5.16. The largest absolute Gasteiger partial charge is 0.472 e. The number of carbonyl (C=O) groups excluding carboxylic acids is 2. The maximum atomic E-state index is 12.8. The lowest BCUT2D eigenvalue weighted by atomic mass is 9.85. The van der Waals surface area contributed by atoms with Crippen LogP contribution in [0, 0.1) is 0 Å². The standard InChI is InChI=1S/C49H75O13P/c1-3-5-7-9-11-13-15-17-19-20-21-22-24-25-27-29-31-33-35-37-42(50)59-39-41(40-60-63(57,58)62-49-47(55)45(53)44(52)46(54)48(49)56)61-43(51)38-36-34-32-30-28-26-23-18-16-14-12-10-8-6-4-2/h5-8,11-14,17-19,21-23,25,27-28,30-31,33,41,44-49,52-56H,3-4,9-10,15-16,20,24,26,29,32,34-40H2,1-2H3,(H,57,58)/b7-5+,8-6+,13-11+,14-12+,19-17+,22-21+,23-18+,27-25+,30-28+,33-31+/t41-,44?,45-,46?,47?,48?,49?/m0/s1. The molecule has 354 valence electrons. The van der Waals surface area contributed by atoms with Gasteiger partial charge in [0, 0.05) is 12.8 Å². The van der Waals surface area contributed by atoms with E-state index in [0.717, 1.165) is 64.2 Å². The average Bonchev–Trinajstić information content (AvgIpc) is 3.26. The van der Waals surface area contributed by atoms with E-state index in [0.29, 0.717) is 25.7 Å². The van der Waals surface area contributed by atoms with Crippen molar-refractivity contribution >= 4 is 19.8 Å². The Labute approximate surface area is 375 Å². The number of allylic oxidation sites excluding steroid dienone is 20. The maximum absolute atomic E-state index is 12.8. The second kappa shape index (κ2) is 37.6. The molecule has 13 nitrogen and oxygen atoms in total.